The molecular formula is C31H37IN2O3. The normalized spacial score (nSPS) is 17.6. The fourth-order valence-corrected chi connectivity index (χ4v) is 5.99. The van der Waals surface area contributed by atoms with Crippen LogP contribution in [0.3, 0.4) is 0 Å². The van der Waals surface area contributed by atoms with E-state index in [-0.39, 0.29) is 5.92 Å². The molecule has 6 heteroatoms. The SMILES string of the molecule is COc1ccc(CN(Cc2ccc(OC)cc2)c2cc(C)c(I)c(C3CC(=O)CCC3C(C)C)n2)cc1. The lowest BCUT2D eigenvalue weighted by Crippen LogP contribution is -2.30. The summed E-state index contributed by atoms with van der Waals surface area (Å²) < 4.78 is 11.9. The lowest BCUT2D eigenvalue weighted by molar-refractivity contribution is -0.122. The van der Waals surface area contributed by atoms with Crippen LogP contribution in [0.15, 0.2) is 54.6 Å². The van der Waals surface area contributed by atoms with Gasteiger partial charge in [-0.2, -0.15) is 0 Å². The van der Waals surface area contributed by atoms with E-state index < -0.39 is 0 Å². The summed E-state index contributed by atoms with van der Waals surface area (Å²) in [6.07, 6.45) is 2.23. The number of Topliss-reactive ketones (excluding diaryl/α,β-unsaturated/α-hetero) is 1. The Hall–Kier alpha value is -2.61. The zero-order chi connectivity index (χ0) is 26.5. The standard InChI is InChI=1S/C31H37IN2O3/c1-20(2)27-15-10-24(35)17-28(27)31-30(32)21(3)16-29(33-31)34(18-22-6-11-25(36-4)12-7-22)19-23-8-13-26(37-5)14-9-23/h6-9,11-14,16,20,27-28H,10,15,17-19H2,1-5H3. The van der Waals surface area contributed by atoms with Gasteiger partial charge in [-0.15, -0.1) is 0 Å². The number of ketones is 1. The highest BCUT2D eigenvalue weighted by molar-refractivity contribution is 14.1. The second kappa shape index (κ2) is 12.3. The molecule has 0 N–H and O–H groups in total. The van der Waals surface area contributed by atoms with Gasteiger partial charge >= 0.3 is 0 Å². The van der Waals surface area contributed by atoms with Crippen molar-refractivity contribution >= 4 is 34.2 Å². The summed E-state index contributed by atoms with van der Waals surface area (Å²) in [5.41, 5.74) is 4.65. The number of aryl methyl sites for hydroxylation is 1. The van der Waals surface area contributed by atoms with Crippen LogP contribution in [0.5, 0.6) is 11.5 Å². The van der Waals surface area contributed by atoms with Crippen molar-refractivity contribution < 1.29 is 14.3 Å². The Kier molecular flexibility index (Phi) is 9.11. The molecule has 2 atom stereocenters. The van der Waals surface area contributed by atoms with Crippen molar-refractivity contribution in [3.05, 3.63) is 80.6 Å². The smallest absolute Gasteiger partial charge is 0.133 e. The number of hydrogen-bond donors (Lipinski definition) is 0. The Balaban J connectivity index is 1.74. The summed E-state index contributed by atoms with van der Waals surface area (Å²) >= 11 is 2.43. The molecule has 1 heterocycles. The highest BCUT2D eigenvalue weighted by atomic mass is 127. The van der Waals surface area contributed by atoms with Gasteiger partial charge in [0, 0.05) is 35.4 Å². The first-order chi connectivity index (χ1) is 17.8. The van der Waals surface area contributed by atoms with E-state index in [4.69, 9.17) is 14.5 Å². The molecule has 1 fully saturated rings. The second-order valence-electron chi connectivity index (χ2n) is 10.3. The molecule has 0 spiro atoms. The summed E-state index contributed by atoms with van der Waals surface area (Å²) in [6.45, 7) is 8.12. The van der Waals surface area contributed by atoms with Crippen LogP contribution < -0.4 is 14.4 Å². The zero-order valence-electron chi connectivity index (χ0n) is 22.5. The van der Waals surface area contributed by atoms with Gasteiger partial charge in [-0.05, 0) is 94.8 Å². The van der Waals surface area contributed by atoms with Crippen LogP contribution in [-0.4, -0.2) is 25.0 Å². The van der Waals surface area contributed by atoms with Gasteiger partial charge < -0.3 is 14.4 Å². The van der Waals surface area contributed by atoms with Gasteiger partial charge in [0.1, 0.15) is 23.1 Å². The summed E-state index contributed by atoms with van der Waals surface area (Å²) in [7, 11) is 3.37. The number of ether oxygens (including phenoxy) is 2. The average Bonchev–Trinajstić information content (AvgIpc) is 2.90. The van der Waals surface area contributed by atoms with E-state index in [1.807, 2.05) is 24.3 Å². The number of benzene rings is 2. The molecule has 1 saturated carbocycles. The molecule has 37 heavy (non-hydrogen) atoms. The third kappa shape index (κ3) is 6.64. The number of rotatable bonds is 9. The Morgan fingerprint density at radius 1 is 0.973 bits per heavy atom. The van der Waals surface area contributed by atoms with Gasteiger partial charge in [0.05, 0.1) is 19.9 Å². The minimum absolute atomic E-state index is 0.163. The highest BCUT2D eigenvalue weighted by Crippen LogP contribution is 2.42. The summed E-state index contributed by atoms with van der Waals surface area (Å²) in [5, 5.41) is 0. The zero-order valence-corrected chi connectivity index (χ0v) is 24.6. The van der Waals surface area contributed by atoms with Crippen molar-refractivity contribution in [2.24, 2.45) is 11.8 Å². The predicted octanol–water partition coefficient (Wildman–Crippen LogP) is 7.33. The van der Waals surface area contributed by atoms with Crippen molar-refractivity contribution in [3.63, 3.8) is 0 Å². The molecule has 3 aromatic rings. The topological polar surface area (TPSA) is 51.7 Å². The van der Waals surface area contributed by atoms with E-state index in [2.05, 4.69) is 78.6 Å². The maximum absolute atomic E-state index is 12.6. The number of pyridine rings is 1. The molecule has 0 bridgehead atoms. The molecule has 0 saturated heterocycles. The van der Waals surface area contributed by atoms with Crippen LogP contribution in [0.4, 0.5) is 5.82 Å². The first kappa shape index (κ1) is 27.4. The minimum Gasteiger partial charge on any atom is -0.497 e. The summed E-state index contributed by atoms with van der Waals surface area (Å²) in [4.78, 5) is 20.2. The summed E-state index contributed by atoms with van der Waals surface area (Å²) in [5.74, 6) is 4.13. The van der Waals surface area contributed by atoms with Crippen LogP contribution in [0.1, 0.15) is 61.4 Å². The van der Waals surface area contributed by atoms with Crippen molar-refractivity contribution in [1.82, 2.24) is 4.98 Å². The number of anilines is 1. The number of nitrogens with zero attached hydrogens (tertiary/aromatic N) is 2. The van der Waals surface area contributed by atoms with Crippen molar-refractivity contribution in [1.29, 1.82) is 0 Å². The number of halogens is 1. The molecule has 1 aliphatic carbocycles. The predicted molar refractivity (Wildman–Crippen MR) is 157 cm³/mol. The van der Waals surface area contributed by atoms with Crippen LogP contribution in [0, 0.1) is 22.3 Å². The quantitative estimate of drug-likeness (QED) is 0.237. The maximum atomic E-state index is 12.6. The Morgan fingerprint density at radius 3 is 2.00 bits per heavy atom. The third-order valence-corrected chi connectivity index (χ3v) is 8.87. The molecule has 4 rings (SSSR count). The Labute approximate surface area is 234 Å². The van der Waals surface area contributed by atoms with Gasteiger partial charge in [0.2, 0.25) is 0 Å². The highest BCUT2D eigenvalue weighted by Gasteiger charge is 2.35. The van der Waals surface area contributed by atoms with Crippen LogP contribution in [-0.2, 0) is 17.9 Å². The van der Waals surface area contributed by atoms with Gasteiger partial charge in [-0.1, -0.05) is 38.1 Å². The van der Waals surface area contributed by atoms with E-state index in [0.717, 1.165) is 29.4 Å². The molecule has 2 aromatic carbocycles. The van der Waals surface area contributed by atoms with E-state index in [9.17, 15) is 4.79 Å². The molecule has 0 radical (unpaired) electrons. The van der Waals surface area contributed by atoms with Crippen LogP contribution >= 0.6 is 22.6 Å². The number of hydrogen-bond acceptors (Lipinski definition) is 5. The lowest BCUT2D eigenvalue weighted by Gasteiger charge is -2.35. The molecule has 1 aromatic heterocycles. The van der Waals surface area contributed by atoms with Crippen molar-refractivity contribution in [2.45, 2.75) is 59.0 Å². The molecule has 0 aliphatic heterocycles. The molecule has 2 unspecified atom stereocenters. The first-order valence-electron chi connectivity index (χ1n) is 13.0. The van der Waals surface area contributed by atoms with E-state index >= 15 is 0 Å². The van der Waals surface area contributed by atoms with E-state index in [1.165, 1.54) is 20.3 Å². The van der Waals surface area contributed by atoms with E-state index in [0.29, 0.717) is 43.6 Å². The molecular weight excluding hydrogens is 575 g/mol. The van der Waals surface area contributed by atoms with Gasteiger partial charge in [0.15, 0.2) is 0 Å². The van der Waals surface area contributed by atoms with Crippen LogP contribution in [0.2, 0.25) is 0 Å². The molecule has 196 valence electrons. The average molecular weight is 613 g/mol. The fourth-order valence-electron chi connectivity index (χ4n) is 5.32. The fraction of sp³-hybridized carbons (Fsp3) is 0.419. The Bertz CT molecular complexity index is 1160. The van der Waals surface area contributed by atoms with Crippen molar-refractivity contribution in [3.8, 4) is 11.5 Å². The van der Waals surface area contributed by atoms with Crippen molar-refractivity contribution in [2.75, 3.05) is 19.1 Å². The molecule has 0 amide bonds. The monoisotopic (exact) mass is 612 g/mol. The maximum Gasteiger partial charge on any atom is 0.133 e. The minimum atomic E-state index is 0.163. The second-order valence-corrected chi connectivity index (χ2v) is 11.4. The molecule has 1 aliphatic rings. The van der Waals surface area contributed by atoms with E-state index in [1.54, 1.807) is 14.2 Å². The number of aromatic nitrogens is 1. The van der Waals surface area contributed by atoms with Gasteiger partial charge in [0.25, 0.3) is 0 Å². The van der Waals surface area contributed by atoms with Gasteiger partial charge in [-0.3, -0.25) is 4.79 Å². The summed E-state index contributed by atoms with van der Waals surface area (Å²) in [6, 6.07) is 18.6. The number of carbonyl (C=O) groups excluding carboxylic acids is 1. The van der Waals surface area contributed by atoms with Gasteiger partial charge in [-0.25, -0.2) is 4.98 Å². The number of methoxy groups -OCH3 is 2. The van der Waals surface area contributed by atoms with Crippen LogP contribution in [0.25, 0.3) is 0 Å². The lowest BCUT2D eigenvalue weighted by atomic mass is 9.71. The largest absolute Gasteiger partial charge is 0.497 e. The number of carbonyl (C=O) groups is 1. The third-order valence-electron chi connectivity index (χ3n) is 7.47. The molecule has 5 nitrogen and oxygen atoms in total. The first-order valence-corrected chi connectivity index (χ1v) is 14.1. The Morgan fingerprint density at radius 2 is 1.51 bits per heavy atom.